The molecule has 0 spiro atoms. The number of likely N-dealkylation sites (N-methyl/N-ethyl adjacent to an activating group) is 1. The lowest BCUT2D eigenvalue weighted by atomic mass is 10.0. The van der Waals surface area contributed by atoms with E-state index in [0.29, 0.717) is 18.5 Å². The molecule has 1 aliphatic heterocycles. The third-order valence-corrected chi connectivity index (χ3v) is 4.92. The highest BCUT2D eigenvalue weighted by Crippen LogP contribution is 2.24. The summed E-state index contributed by atoms with van der Waals surface area (Å²) in [6.07, 6.45) is 0.629. The van der Waals surface area contributed by atoms with E-state index in [1.165, 1.54) is 16.5 Å². The summed E-state index contributed by atoms with van der Waals surface area (Å²) in [6.45, 7) is 2.36. The smallest absolute Gasteiger partial charge is 0.226 e. The van der Waals surface area contributed by atoms with Gasteiger partial charge in [-0.1, -0.05) is 48.5 Å². The fraction of sp³-hybridized carbons (Fsp3) is 0.381. The Labute approximate surface area is 153 Å². The van der Waals surface area contributed by atoms with Crippen molar-refractivity contribution in [2.75, 3.05) is 26.7 Å². The number of likely N-dealkylation sites (tertiary alicyclic amines) is 1. The van der Waals surface area contributed by atoms with Crippen molar-refractivity contribution < 1.29 is 14.3 Å². The molecule has 1 unspecified atom stereocenters. The van der Waals surface area contributed by atoms with Crippen LogP contribution in [-0.4, -0.2) is 53.1 Å². The SMILES string of the molecule is CN(CC1(O)CCN(Cc2ccccc2)C1)C(=O)Cc1ccccc1F. The van der Waals surface area contributed by atoms with Crippen molar-refractivity contribution in [1.82, 2.24) is 9.80 Å². The van der Waals surface area contributed by atoms with E-state index in [4.69, 9.17) is 0 Å². The molecule has 0 aliphatic carbocycles. The fourth-order valence-electron chi connectivity index (χ4n) is 3.52. The zero-order valence-electron chi connectivity index (χ0n) is 15.1. The summed E-state index contributed by atoms with van der Waals surface area (Å²) in [5.41, 5.74) is 0.670. The molecule has 0 bridgehead atoms. The van der Waals surface area contributed by atoms with Gasteiger partial charge in [0.2, 0.25) is 5.91 Å². The van der Waals surface area contributed by atoms with Crippen molar-refractivity contribution in [2.24, 2.45) is 0 Å². The lowest BCUT2D eigenvalue weighted by molar-refractivity contribution is -0.132. The van der Waals surface area contributed by atoms with Crippen LogP contribution < -0.4 is 0 Å². The topological polar surface area (TPSA) is 43.8 Å². The second kappa shape index (κ2) is 7.98. The third kappa shape index (κ3) is 4.68. The van der Waals surface area contributed by atoms with Crippen LogP contribution in [0, 0.1) is 5.82 Å². The Bertz CT molecular complexity index is 753. The van der Waals surface area contributed by atoms with Crippen molar-refractivity contribution in [3.8, 4) is 0 Å². The number of halogens is 1. The molecule has 0 radical (unpaired) electrons. The molecule has 1 amide bonds. The molecule has 1 atom stereocenters. The first-order chi connectivity index (χ1) is 12.5. The summed E-state index contributed by atoms with van der Waals surface area (Å²) < 4.78 is 13.7. The van der Waals surface area contributed by atoms with E-state index in [9.17, 15) is 14.3 Å². The van der Waals surface area contributed by atoms with Crippen LogP contribution in [0.4, 0.5) is 4.39 Å². The predicted molar refractivity (Wildman–Crippen MR) is 99.0 cm³/mol. The molecule has 5 heteroatoms. The van der Waals surface area contributed by atoms with Crippen molar-refractivity contribution in [3.63, 3.8) is 0 Å². The number of amides is 1. The van der Waals surface area contributed by atoms with Gasteiger partial charge in [-0.2, -0.15) is 0 Å². The van der Waals surface area contributed by atoms with Crippen LogP contribution in [0.5, 0.6) is 0 Å². The molecular formula is C21H25FN2O2. The third-order valence-electron chi connectivity index (χ3n) is 4.92. The van der Waals surface area contributed by atoms with Crippen molar-refractivity contribution in [3.05, 3.63) is 71.5 Å². The Balaban J connectivity index is 1.54. The molecular weight excluding hydrogens is 331 g/mol. The maximum atomic E-state index is 13.7. The fourth-order valence-corrected chi connectivity index (χ4v) is 3.52. The number of carbonyl (C=O) groups excluding carboxylic acids is 1. The van der Waals surface area contributed by atoms with Crippen molar-refractivity contribution >= 4 is 5.91 Å². The standard InChI is InChI=1S/C21H25FN2O2/c1-23(20(25)13-18-9-5-6-10-19(18)22)15-21(26)11-12-24(16-21)14-17-7-3-2-4-8-17/h2-10,26H,11-16H2,1H3. The molecule has 26 heavy (non-hydrogen) atoms. The molecule has 0 saturated carbocycles. The number of benzene rings is 2. The minimum Gasteiger partial charge on any atom is -0.387 e. The van der Waals surface area contributed by atoms with E-state index in [1.807, 2.05) is 18.2 Å². The highest BCUT2D eigenvalue weighted by Gasteiger charge is 2.37. The molecule has 1 N–H and O–H groups in total. The Morgan fingerprint density at radius 1 is 1.19 bits per heavy atom. The zero-order chi connectivity index (χ0) is 18.6. The summed E-state index contributed by atoms with van der Waals surface area (Å²) in [7, 11) is 1.67. The lowest BCUT2D eigenvalue weighted by Crippen LogP contribution is -2.46. The first-order valence-electron chi connectivity index (χ1n) is 8.91. The molecule has 2 aromatic carbocycles. The Kier molecular flexibility index (Phi) is 5.69. The summed E-state index contributed by atoms with van der Waals surface area (Å²) in [5, 5.41) is 10.9. The number of hydrogen-bond acceptors (Lipinski definition) is 3. The zero-order valence-corrected chi connectivity index (χ0v) is 15.1. The monoisotopic (exact) mass is 356 g/mol. The molecule has 4 nitrogen and oxygen atoms in total. The van der Waals surface area contributed by atoms with E-state index in [1.54, 1.807) is 25.2 Å². The Hall–Kier alpha value is -2.24. The second-order valence-electron chi connectivity index (χ2n) is 7.19. The van der Waals surface area contributed by atoms with E-state index >= 15 is 0 Å². The van der Waals surface area contributed by atoms with Crippen LogP contribution in [0.25, 0.3) is 0 Å². The highest BCUT2D eigenvalue weighted by atomic mass is 19.1. The van der Waals surface area contributed by atoms with Gasteiger partial charge in [0.05, 0.1) is 18.6 Å². The van der Waals surface area contributed by atoms with Gasteiger partial charge in [-0.3, -0.25) is 9.69 Å². The van der Waals surface area contributed by atoms with Gasteiger partial charge in [-0.15, -0.1) is 0 Å². The molecule has 2 aromatic rings. The van der Waals surface area contributed by atoms with Crippen LogP contribution in [0.15, 0.2) is 54.6 Å². The van der Waals surface area contributed by atoms with Crippen molar-refractivity contribution in [1.29, 1.82) is 0 Å². The molecule has 3 rings (SSSR count). The Morgan fingerprint density at radius 3 is 2.62 bits per heavy atom. The Morgan fingerprint density at radius 2 is 1.88 bits per heavy atom. The summed E-state index contributed by atoms with van der Waals surface area (Å²) in [6, 6.07) is 16.4. The average molecular weight is 356 g/mol. The number of nitrogens with zero attached hydrogens (tertiary/aromatic N) is 2. The van der Waals surface area contributed by atoms with Gasteiger partial charge in [0.15, 0.2) is 0 Å². The summed E-state index contributed by atoms with van der Waals surface area (Å²) >= 11 is 0. The number of aliphatic hydroxyl groups is 1. The normalized spacial score (nSPS) is 20.3. The van der Waals surface area contributed by atoms with Crippen LogP contribution in [0.3, 0.4) is 0 Å². The highest BCUT2D eigenvalue weighted by molar-refractivity contribution is 5.78. The molecule has 1 fully saturated rings. The number of hydrogen-bond donors (Lipinski definition) is 1. The maximum absolute atomic E-state index is 13.7. The predicted octanol–water partition coefficient (Wildman–Crippen LogP) is 2.46. The van der Waals surface area contributed by atoms with Gasteiger partial charge in [-0.05, 0) is 23.6 Å². The number of β-amino-alcohol motifs (C(OH)–C–C–N with tert-alkyl or cyclic N) is 1. The average Bonchev–Trinajstić information content (AvgIpc) is 2.98. The molecule has 1 aliphatic rings. The van der Waals surface area contributed by atoms with Crippen LogP contribution >= 0.6 is 0 Å². The molecule has 138 valence electrons. The van der Waals surface area contributed by atoms with Gasteiger partial charge in [0, 0.05) is 26.7 Å². The van der Waals surface area contributed by atoms with Gasteiger partial charge in [0.25, 0.3) is 0 Å². The van der Waals surface area contributed by atoms with E-state index in [2.05, 4.69) is 17.0 Å². The maximum Gasteiger partial charge on any atom is 0.226 e. The lowest BCUT2D eigenvalue weighted by Gasteiger charge is -2.29. The largest absolute Gasteiger partial charge is 0.387 e. The van der Waals surface area contributed by atoms with Crippen LogP contribution in [-0.2, 0) is 17.8 Å². The number of carbonyl (C=O) groups is 1. The van der Waals surface area contributed by atoms with Gasteiger partial charge < -0.3 is 10.0 Å². The minimum atomic E-state index is -0.922. The van der Waals surface area contributed by atoms with Gasteiger partial charge in [-0.25, -0.2) is 4.39 Å². The minimum absolute atomic E-state index is 0.00693. The number of rotatable bonds is 6. The second-order valence-corrected chi connectivity index (χ2v) is 7.19. The van der Waals surface area contributed by atoms with Gasteiger partial charge >= 0.3 is 0 Å². The van der Waals surface area contributed by atoms with Crippen LogP contribution in [0.1, 0.15) is 17.5 Å². The van der Waals surface area contributed by atoms with Crippen LogP contribution in [0.2, 0.25) is 0 Å². The quantitative estimate of drug-likeness (QED) is 0.865. The van der Waals surface area contributed by atoms with Crippen molar-refractivity contribution in [2.45, 2.75) is 25.0 Å². The summed E-state index contributed by atoms with van der Waals surface area (Å²) in [4.78, 5) is 16.1. The first-order valence-corrected chi connectivity index (χ1v) is 8.91. The van der Waals surface area contributed by atoms with Gasteiger partial charge in [0.1, 0.15) is 5.82 Å². The van der Waals surface area contributed by atoms with E-state index < -0.39 is 5.60 Å². The molecule has 1 saturated heterocycles. The van der Waals surface area contributed by atoms with E-state index in [-0.39, 0.29) is 24.7 Å². The first kappa shape index (κ1) is 18.5. The molecule has 1 heterocycles. The summed E-state index contributed by atoms with van der Waals surface area (Å²) in [5.74, 6) is -0.562. The van der Waals surface area contributed by atoms with E-state index in [0.717, 1.165) is 13.1 Å². The molecule has 0 aromatic heterocycles.